The molecule has 9 heteroatoms. The van der Waals surface area contributed by atoms with E-state index in [1.165, 1.54) is 25.3 Å². The molecule has 3 rings (SSSR count). The summed E-state index contributed by atoms with van der Waals surface area (Å²) in [7, 11) is 1.37. The SMILES string of the molecule is COc1cc([N+](=O)[O-])ccc1NC(=O)c1ccc(N2CCCC2)nn1. The second-order valence-corrected chi connectivity index (χ2v) is 5.57. The van der Waals surface area contributed by atoms with Gasteiger partial charge in [0.05, 0.1) is 23.8 Å². The number of benzene rings is 1. The van der Waals surface area contributed by atoms with Gasteiger partial charge in [-0.1, -0.05) is 0 Å². The Bertz CT molecular complexity index is 788. The molecule has 1 aliphatic heterocycles. The van der Waals surface area contributed by atoms with Crippen LogP contribution in [-0.2, 0) is 0 Å². The van der Waals surface area contributed by atoms with Crippen LogP contribution in [0.1, 0.15) is 23.3 Å². The minimum Gasteiger partial charge on any atom is -0.494 e. The summed E-state index contributed by atoms with van der Waals surface area (Å²) in [6.45, 7) is 1.89. The molecular formula is C16H17N5O4. The number of amides is 1. The molecule has 0 bridgehead atoms. The highest BCUT2D eigenvalue weighted by Gasteiger charge is 2.17. The monoisotopic (exact) mass is 343 g/mol. The molecule has 2 heterocycles. The van der Waals surface area contributed by atoms with Crippen LogP contribution < -0.4 is 15.0 Å². The molecule has 2 aromatic rings. The Kier molecular flexibility index (Phi) is 4.73. The van der Waals surface area contributed by atoms with E-state index in [-0.39, 0.29) is 17.1 Å². The van der Waals surface area contributed by atoms with Crippen molar-refractivity contribution in [3.05, 3.63) is 46.1 Å². The number of hydrogen-bond donors (Lipinski definition) is 1. The van der Waals surface area contributed by atoms with Crippen molar-refractivity contribution in [1.29, 1.82) is 0 Å². The first-order valence-corrected chi connectivity index (χ1v) is 7.81. The third-order valence-electron chi connectivity index (χ3n) is 3.96. The lowest BCUT2D eigenvalue weighted by Crippen LogP contribution is -2.21. The molecule has 130 valence electrons. The van der Waals surface area contributed by atoms with Crippen molar-refractivity contribution in [2.75, 3.05) is 30.4 Å². The number of nitro groups is 1. The van der Waals surface area contributed by atoms with Crippen molar-refractivity contribution in [3.8, 4) is 5.75 Å². The molecule has 1 aromatic heterocycles. The summed E-state index contributed by atoms with van der Waals surface area (Å²) < 4.78 is 5.10. The lowest BCUT2D eigenvalue weighted by molar-refractivity contribution is -0.384. The summed E-state index contributed by atoms with van der Waals surface area (Å²) in [5.41, 5.74) is 0.358. The molecule has 1 amide bonds. The molecule has 1 N–H and O–H groups in total. The third kappa shape index (κ3) is 3.65. The van der Waals surface area contributed by atoms with E-state index >= 15 is 0 Å². The number of nitrogens with zero attached hydrogens (tertiary/aromatic N) is 4. The Morgan fingerprint density at radius 2 is 2.00 bits per heavy atom. The summed E-state index contributed by atoms with van der Waals surface area (Å²) >= 11 is 0. The molecule has 1 aliphatic rings. The number of rotatable bonds is 5. The van der Waals surface area contributed by atoms with Gasteiger partial charge in [-0.3, -0.25) is 14.9 Å². The second-order valence-electron chi connectivity index (χ2n) is 5.57. The molecule has 1 fully saturated rings. The smallest absolute Gasteiger partial charge is 0.276 e. The van der Waals surface area contributed by atoms with Gasteiger partial charge in [0.15, 0.2) is 11.5 Å². The molecular weight excluding hydrogens is 326 g/mol. The van der Waals surface area contributed by atoms with Crippen molar-refractivity contribution in [1.82, 2.24) is 10.2 Å². The summed E-state index contributed by atoms with van der Waals surface area (Å²) in [6.07, 6.45) is 2.26. The van der Waals surface area contributed by atoms with Gasteiger partial charge < -0.3 is 15.0 Å². The summed E-state index contributed by atoms with van der Waals surface area (Å²) in [5, 5.41) is 21.5. The van der Waals surface area contributed by atoms with Crippen LogP contribution in [0.25, 0.3) is 0 Å². The van der Waals surface area contributed by atoms with Crippen LogP contribution in [-0.4, -0.2) is 41.2 Å². The van der Waals surface area contributed by atoms with Crippen LogP contribution in [0.5, 0.6) is 5.75 Å². The average molecular weight is 343 g/mol. The fraction of sp³-hybridized carbons (Fsp3) is 0.312. The predicted octanol–water partition coefficient (Wildman–Crippen LogP) is 2.25. The van der Waals surface area contributed by atoms with Gasteiger partial charge in [-0.25, -0.2) is 0 Å². The third-order valence-corrected chi connectivity index (χ3v) is 3.96. The zero-order chi connectivity index (χ0) is 17.8. The van der Waals surface area contributed by atoms with Crippen molar-refractivity contribution < 1.29 is 14.5 Å². The number of aromatic nitrogens is 2. The average Bonchev–Trinajstić information content (AvgIpc) is 3.16. The molecule has 1 saturated heterocycles. The maximum Gasteiger partial charge on any atom is 0.276 e. The van der Waals surface area contributed by atoms with E-state index in [1.54, 1.807) is 12.1 Å². The van der Waals surface area contributed by atoms with Gasteiger partial charge in [-0.15, -0.1) is 10.2 Å². The highest BCUT2D eigenvalue weighted by atomic mass is 16.6. The fourth-order valence-corrected chi connectivity index (χ4v) is 2.64. The number of anilines is 2. The van der Waals surface area contributed by atoms with Crippen molar-refractivity contribution >= 4 is 23.1 Å². The number of hydrogen-bond acceptors (Lipinski definition) is 7. The van der Waals surface area contributed by atoms with Crippen LogP contribution in [0.15, 0.2) is 30.3 Å². The van der Waals surface area contributed by atoms with E-state index in [0.717, 1.165) is 31.7 Å². The maximum atomic E-state index is 12.3. The lowest BCUT2D eigenvalue weighted by atomic mass is 10.2. The van der Waals surface area contributed by atoms with Crippen molar-refractivity contribution in [2.45, 2.75) is 12.8 Å². The molecule has 0 atom stereocenters. The minimum absolute atomic E-state index is 0.121. The Morgan fingerprint density at radius 1 is 1.24 bits per heavy atom. The summed E-state index contributed by atoms with van der Waals surface area (Å²) in [5.74, 6) is 0.485. The van der Waals surface area contributed by atoms with E-state index in [1.807, 2.05) is 0 Å². The maximum absolute atomic E-state index is 12.3. The molecule has 0 aliphatic carbocycles. The van der Waals surface area contributed by atoms with Crippen LogP contribution in [0.2, 0.25) is 0 Å². The van der Waals surface area contributed by atoms with Gasteiger partial charge in [0.25, 0.3) is 11.6 Å². The normalized spacial score (nSPS) is 13.6. The van der Waals surface area contributed by atoms with E-state index in [4.69, 9.17) is 4.74 Å². The van der Waals surface area contributed by atoms with E-state index in [0.29, 0.717) is 5.69 Å². The van der Waals surface area contributed by atoms with Crippen molar-refractivity contribution in [3.63, 3.8) is 0 Å². The molecule has 0 spiro atoms. The fourth-order valence-electron chi connectivity index (χ4n) is 2.64. The Hall–Kier alpha value is -3.23. The first kappa shape index (κ1) is 16.6. The number of carbonyl (C=O) groups is 1. The minimum atomic E-state index is -0.531. The number of carbonyl (C=O) groups excluding carboxylic acids is 1. The quantitative estimate of drug-likeness (QED) is 0.654. The molecule has 0 unspecified atom stereocenters. The van der Waals surface area contributed by atoms with Crippen LogP contribution in [0.3, 0.4) is 0 Å². The van der Waals surface area contributed by atoms with Gasteiger partial charge in [0, 0.05) is 19.2 Å². The molecule has 25 heavy (non-hydrogen) atoms. The zero-order valence-electron chi connectivity index (χ0n) is 13.6. The number of ether oxygens (including phenoxy) is 1. The number of nitrogens with one attached hydrogen (secondary N) is 1. The lowest BCUT2D eigenvalue weighted by Gasteiger charge is -2.15. The first-order chi connectivity index (χ1) is 12.1. The van der Waals surface area contributed by atoms with E-state index < -0.39 is 10.8 Å². The highest BCUT2D eigenvalue weighted by Crippen LogP contribution is 2.29. The van der Waals surface area contributed by atoms with Crippen LogP contribution >= 0.6 is 0 Å². The topological polar surface area (TPSA) is 110 Å². The molecule has 0 radical (unpaired) electrons. The largest absolute Gasteiger partial charge is 0.494 e. The number of methoxy groups -OCH3 is 1. The summed E-state index contributed by atoms with van der Waals surface area (Å²) in [6, 6.07) is 7.33. The molecule has 0 saturated carbocycles. The van der Waals surface area contributed by atoms with Crippen LogP contribution in [0.4, 0.5) is 17.2 Å². The Labute approximate surface area is 143 Å². The highest BCUT2D eigenvalue weighted by molar-refractivity contribution is 6.03. The number of non-ortho nitro benzene ring substituents is 1. The van der Waals surface area contributed by atoms with Crippen molar-refractivity contribution in [2.24, 2.45) is 0 Å². The van der Waals surface area contributed by atoms with Gasteiger partial charge in [-0.2, -0.15) is 0 Å². The zero-order valence-corrected chi connectivity index (χ0v) is 13.6. The standard InChI is InChI=1S/C16H17N5O4/c1-25-14-10-11(21(23)24)4-5-12(14)17-16(22)13-6-7-15(19-18-13)20-8-2-3-9-20/h4-7,10H,2-3,8-9H2,1H3,(H,17,22). The van der Waals surface area contributed by atoms with Gasteiger partial charge in [0.2, 0.25) is 0 Å². The Morgan fingerprint density at radius 3 is 2.60 bits per heavy atom. The van der Waals surface area contributed by atoms with E-state index in [2.05, 4.69) is 20.4 Å². The van der Waals surface area contributed by atoms with Crippen LogP contribution in [0, 0.1) is 10.1 Å². The van der Waals surface area contributed by atoms with E-state index in [9.17, 15) is 14.9 Å². The first-order valence-electron chi connectivity index (χ1n) is 7.81. The predicted molar refractivity (Wildman–Crippen MR) is 91.1 cm³/mol. The van der Waals surface area contributed by atoms with Gasteiger partial charge in [-0.05, 0) is 31.0 Å². The van der Waals surface area contributed by atoms with Gasteiger partial charge >= 0.3 is 0 Å². The van der Waals surface area contributed by atoms with Gasteiger partial charge in [0.1, 0.15) is 5.75 Å². The molecule has 9 nitrogen and oxygen atoms in total. The number of nitro benzene ring substituents is 1. The second kappa shape index (κ2) is 7.12. The molecule has 1 aromatic carbocycles. The summed E-state index contributed by atoms with van der Waals surface area (Å²) in [4.78, 5) is 24.7. The Balaban J connectivity index is 1.74.